The second kappa shape index (κ2) is 7.02. The van der Waals surface area contributed by atoms with Crippen LogP contribution in [0.1, 0.15) is 33.1 Å². The number of nitrogens with one attached hydrogen (secondary N) is 1. The molecule has 4 nitrogen and oxygen atoms in total. The predicted molar refractivity (Wildman–Crippen MR) is 99.4 cm³/mol. The van der Waals surface area contributed by atoms with Crippen molar-refractivity contribution in [2.24, 2.45) is 0 Å². The van der Waals surface area contributed by atoms with E-state index in [9.17, 15) is 4.79 Å². The average Bonchev–Trinajstić information content (AvgIpc) is 2.68. The molecular formula is C22H19NO3. The summed E-state index contributed by atoms with van der Waals surface area (Å²) in [7, 11) is 1.65. The molecule has 0 aromatic heterocycles. The van der Waals surface area contributed by atoms with Crippen LogP contribution in [0.4, 0.5) is 0 Å². The van der Waals surface area contributed by atoms with Crippen LogP contribution in [0.15, 0.2) is 72.8 Å². The van der Waals surface area contributed by atoms with Crippen molar-refractivity contribution >= 4 is 5.91 Å². The smallest absolute Gasteiger partial charge is 0.252 e. The Kier molecular flexibility index (Phi) is 4.42. The monoisotopic (exact) mass is 345 g/mol. The SMILES string of the molecule is COCc1ccc(C(=O)NC2c3ccccc3Oc3ccccc32)cc1. The molecule has 1 aliphatic rings. The summed E-state index contributed by atoms with van der Waals surface area (Å²) in [6.45, 7) is 0.530. The van der Waals surface area contributed by atoms with Crippen LogP contribution in [0.5, 0.6) is 11.5 Å². The van der Waals surface area contributed by atoms with Crippen LogP contribution in [0.25, 0.3) is 0 Å². The summed E-state index contributed by atoms with van der Waals surface area (Å²) in [6.07, 6.45) is 0. The maximum absolute atomic E-state index is 12.8. The van der Waals surface area contributed by atoms with Crippen LogP contribution >= 0.6 is 0 Å². The first-order chi connectivity index (χ1) is 12.8. The summed E-state index contributed by atoms with van der Waals surface area (Å²) in [5.41, 5.74) is 3.56. The quantitative estimate of drug-likeness (QED) is 0.759. The molecule has 0 unspecified atom stereocenters. The van der Waals surface area contributed by atoms with E-state index in [2.05, 4.69) is 5.32 Å². The number of carbonyl (C=O) groups is 1. The lowest BCUT2D eigenvalue weighted by atomic mass is 9.94. The first-order valence-electron chi connectivity index (χ1n) is 8.50. The number of hydrogen-bond acceptors (Lipinski definition) is 3. The van der Waals surface area contributed by atoms with E-state index < -0.39 is 0 Å². The van der Waals surface area contributed by atoms with E-state index >= 15 is 0 Å². The average molecular weight is 345 g/mol. The van der Waals surface area contributed by atoms with Gasteiger partial charge in [0.15, 0.2) is 0 Å². The highest BCUT2D eigenvalue weighted by molar-refractivity contribution is 5.95. The summed E-state index contributed by atoms with van der Waals surface area (Å²) < 4.78 is 11.1. The highest BCUT2D eigenvalue weighted by Gasteiger charge is 2.28. The van der Waals surface area contributed by atoms with Gasteiger partial charge in [-0.15, -0.1) is 0 Å². The van der Waals surface area contributed by atoms with Crippen molar-refractivity contribution in [3.05, 3.63) is 95.1 Å². The van der Waals surface area contributed by atoms with Crippen molar-refractivity contribution in [3.63, 3.8) is 0 Å². The number of benzene rings is 3. The Morgan fingerprint density at radius 3 is 2.08 bits per heavy atom. The normalized spacial score (nSPS) is 12.7. The standard InChI is InChI=1S/C22H19NO3/c1-25-14-15-10-12-16(13-11-15)22(24)23-21-17-6-2-4-8-19(17)26-20-9-5-3-7-18(20)21/h2-13,21H,14H2,1H3,(H,23,24). The molecule has 130 valence electrons. The van der Waals surface area contributed by atoms with Gasteiger partial charge < -0.3 is 14.8 Å². The predicted octanol–water partition coefficient (Wildman–Crippen LogP) is 4.46. The topological polar surface area (TPSA) is 47.6 Å². The van der Waals surface area contributed by atoms with Gasteiger partial charge in [-0.1, -0.05) is 48.5 Å². The number of carbonyl (C=O) groups excluding carboxylic acids is 1. The van der Waals surface area contributed by atoms with Crippen molar-refractivity contribution in [1.82, 2.24) is 5.32 Å². The molecule has 0 bridgehead atoms. The summed E-state index contributed by atoms with van der Waals surface area (Å²) >= 11 is 0. The van der Waals surface area contributed by atoms with Crippen molar-refractivity contribution in [2.45, 2.75) is 12.6 Å². The molecule has 1 amide bonds. The second-order valence-corrected chi connectivity index (χ2v) is 6.21. The fraction of sp³-hybridized carbons (Fsp3) is 0.136. The molecule has 0 fully saturated rings. The molecule has 1 heterocycles. The number of rotatable bonds is 4. The number of para-hydroxylation sites is 2. The number of amides is 1. The minimum atomic E-state index is -0.248. The zero-order valence-corrected chi connectivity index (χ0v) is 14.4. The lowest BCUT2D eigenvalue weighted by molar-refractivity contribution is 0.0941. The molecule has 0 spiro atoms. The van der Waals surface area contributed by atoms with Gasteiger partial charge in [0.05, 0.1) is 12.6 Å². The van der Waals surface area contributed by atoms with Gasteiger partial charge in [-0.3, -0.25) is 4.79 Å². The van der Waals surface area contributed by atoms with Gasteiger partial charge in [0.25, 0.3) is 5.91 Å². The number of ether oxygens (including phenoxy) is 2. The lowest BCUT2D eigenvalue weighted by Crippen LogP contribution is -2.31. The number of methoxy groups -OCH3 is 1. The Morgan fingerprint density at radius 1 is 0.923 bits per heavy atom. The largest absolute Gasteiger partial charge is 0.457 e. The molecule has 3 aromatic rings. The zero-order valence-electron chi connectivity index (χ0n) is 14.4. The molecule has 4 heteroatoms. The first-order valence-corrected chi connectivity index (χ1v) is 8.50. The number of fused-ring (bicyclic) bond motifs is 2. The van der Waals surface area contributed by atoms with E-state index in [4.69, 9.17) is 9.47 Å². The Hall–Kier alpha value is -3.11. The Morgan fingerprint density at radius 2 is 1.50 bits per heavy atom. The van der Waals surface area contributed by atoms with E-state index in [1.807, 2.05) is 72.8 Å². The summed E-state index contributed by atoms with van der Waals surface area (Å²) in [4.78, 5) is 12.8. The first kappa shape index (κ1) is 16.4. The van der Waals surface area contributed by atoms with Gasteiger partial charge in [0.1, 0.15) is 11.5 Å². The molecule has 1 aliphatic heterocycles. The van der Waals surface area contributed by atoms with E-state index in [0.29, 0.717) is 12.2 Å². The fourth-order valence-electron chi connectivity index (χ4n) is 3.20. The molecule has 0 atom stereocenters. The third-order valence-electron chi connectivity index (χ3n) is 4.48. The van der Waals surface area contributed by atoms with E-state index in [1.165, 1.54) is 0 Å². The molecule has 1 N–H and O–H groups in total. The summed E-state index contributed by atoms with van der Waals surface area (Å²) in [6, 6.07) is 22.8. The highest BCUT2D eigenvalue weighted by atomic mass is 16.5. The second-order valence-electron chi connectivity index (χ2n) is 6.21. The molecule has 4 rings (SSSR count). The molecule has 3 aromatic carbocycles. The minimum absolute atomic E-state index is 0.120. The van der Waals surface area contributed by atoms with Gasteiger partial charge in [0, 0.05) is 23.8 Å². The van der Waals surface area contributed by atoms with Crippen LogP contribution in [-0.4, -0.2) is 13.0 Å². The summed E-state index contributed by atoms with van der Waals surface area (Å²) in [5, 5.41) is 3.15. The number of hydrogen-bond donors (Lipinski definition) is 1. The van der Waals surface area contributed by atoms with Crippen LogP contribution in [-0.2, 0) is 11.3 Å². The van der Waals surface area contributed by atoms with Crippen molar-refractivity contribution < 1.29 is 14.3 Å². The molecule has 0 saturated heterocycles. The Labute approximate surface area is 152 Å². The Bertz CT molecular complexity index is 889. The molecule has 0 saturated carbocycles. The Balaban J connectivity index is 1.64. The van der Waals surface area contributed by atoms with Crippen LogP contribution in [0.2, 0.25) is 0 Å². The molecule has 0 aliphatic carbocycles. The maximum atomic E-state index is 12.8. The highest BCUT2D eigenvalue weighted by Crippen LogP contribution is 2.42. The van der Waals surface area contributed by atoms with Crippen molar-refractivity contribution in [3.8, 4) is 11.5 Å². The van der Waals surface area contributed by atoms with Crippen molar-refractivity contribution in [1.29, 1.82) is 0 Å². The van der Waals surface area contributed by atoms with E-state index in [-0.39, 0.29) is 11.9 Å². The van der Waals surface area contributed by atoms with Gasteiger partial charge >= 0.3 is 0 Å². The van der Waals surface area contributed by atoms with Crippen molar-refractivity contribution in [2.75, 3.05) is 7.11 Å². The third kappa shape index (κ3) is 3.07. The van der Waals surface area contributed by atoms with E-state index in [1.54, 1.807) is 7.11 Å². The molecule has 0 radical (unpaired) electrons. The van der Waals surface area contributed by atoms with Gasteiger partial charge in [0.2, 0.25) is 0 Å². The van der Waals surface area contributed by atoms with Gasteiger partial charge in [-0.05, 0) is 29.8 Å². The van der Waals surface area contributed by atoms with Gasteiger partial charge in [-0.2, -0.15) is 0 Å². The van der Waals surface area contributed by atoms with Crippen LogP contribution < -0.4 is 10.1 Å². The molecular weight excluding hydrogens is 326 g/mol. The van der Waals surface area contributed by atoms with Gasteiger partial charge in [-0.25, -0.2) is 0 Å². The van der Waals surface area contributed by atoms with Crippen LogP contribution in [0, 0.1) is 0 Å². The fourth-order valence-corrected chi connectivity index (χ4v) is 3.20. The zero-order chi connectivity index (χ0) is 17.9. The maximum Gasteiger partial charge on any atom is 0.252 e. The third-order valence-corrected chi connectivity index (χ3v) is 4.48. The summed E-state index contributed by atoms with van der Waals surface area (Å²) in [5.74, 6) is 1.42. The van der Waals surface area contributed by atoms with Crippen LogP contribution in [0.3, 0.4) is 0 Å². The lowest BCUT2D eigenvalue weighted by Gasteiger charge is -2.28. The minimum Gasteiger partial charge on any atom is -0.457 e. The molecule has 26 heavy (non-hydrogen) atoms. The van der Waals surface area contributed by atoms with E-state index in [0.717, 1.165) is 28.2 Å².